The number of halogens is 1. The van der Waals surface area contributed by atoms with Gasteiger partial charge in [0.1, 0.15) is 5.15 Å². The zero-order chi connectivity index (χ0) is 11.0. The lowest BCUT2D eigenvalue weighted by Crippen LogP contribution is -2.26. The second kappa shape index (κ2) is 4.07. The van der Waals surface area contributed by atoms with E-state index in [2.05, 4.69) is 27.6 Å². The summed E-state index contributed by atoms with van der Waals surface area (Å²) < 4.78 is 0. The van der Waals surface area contributed by atoms with Crippen LogP contribution in [0, 0.1) is 0 Å². The molecule has 84 valence electrons. The van der Waals surface area contributed by atoms with Crippen LogP contribution in [0.5, 0.6) is 0 Å². The van der Waals surface area contributed by atoms with Gasteiger partial charge in [-0.05, 0) is 31.0 Å². The summed E-state index contributed by atoms with van der Waals surface area (Å²) in [7, 11) is 0. The van der Waals surface area contributed by atoms with Crippen molar-refractivity contribution in [3.8, 4) is 0 Å². The number of piperidine rings is 1. The van der Waals surface area contributed by atoms with E-state index in [1.165, 1.54) is 24.8 Å². The molecule has 0 spiro atoms. The topological polar surface area (TPSA) is 40.7 Å². The fourth-order valence-electron chi connectivity index (χ4n) is 2.43. The number of H-pyrrole nitrogens is 1. The Balaban J connectivity index is 2.08. The monoisotopic (exact) mass is 235 g/mol. The van der Waals surface area contributed by atoms with E-state index in [0.29, 0.717) is 11.2 Å². The third kappa shape index (κ3) is 1.60. The van der Waals surface area contributed by atoms with Crippen LogP contribution in [0.25, 0.3) is 10.9 Å². The Morgan fingerprint density at radius 3 is 3.06 bits per heavy atom. The van der Waals surface area contributed by atoms with Gasteiger partial charge in [-0.15, -0.1) is 0 Å². The van der Waals surface area contributed by atoms with Crippen molar-refractivity contribution in [1.82, 2.24) is 15.5 Å². The van der Waals surface area contributed by atoms with Crippen LogP contribution in [-0.4, -0.2) is 16.7 Å². The van der Waals surface area contributed by atoms with Crippen LogP contribution in [0.15, 0.2) is 18.2 Å². The highest BCUT2D eigenvalue weighted by Crippen LogP contribution is 2.30. The highest BCUT2D eigenvalue weighted by atomic mass is 35.5. The number of aromatic nitrogens is 2. The number of fused-ring (bicyclic) bond motifs is 1. The first kappa shape index (κ1) is 10.1. The average Bonchev–Trinajstić information content (AvgIpc) is 2.73. The zero-order valence-corrected chi connectivity index (χ0v) is 9.72. The molecule has 0 radical (unpaired) electrons. The lowest BCUT2D eigenvalue weighted by Gasteiger charge is -2.23. The highest BCUT2D eigenvalue weighted by molar-refractivity contribution is 6.34. The van der Waals surface area contributed by atoms with E-state index in [4.69, 9.17) is 11.6 Å². The fraction of sp³-hybridized carbons (Fsp3) is 0.417. The molecular weight excluding hydrogens is 222 g/mol. The van der Waals surface area contributed by atoms with Crippen LogP contribution in [-0.2, 0) is 0 Å². The van der Waals surface area contributed by atoms with E-state index in [1.807, 2.05) is 6.07 Å². The van der Waals surface area contributed by atoms with Crippen LogP contribution >= 0.6 is 11.6 Å². The predicted octanol–water partition coefficient (Wildman–Crippen LogP) is 3.03. The molecule has 4 heteroatoms. The molecule has 0 aliphatic carbocycles. The fourth-order valence-corrected chi connectivity index (χ4v) is 2.62. The van der Waals surface area contributed by atoms with Gasteiger partial charge in [0, 0.05) is 11.4 Å². The van der Waals surface area contributed by atoms with Gasteiger partial charge in [0.25, 0.3) is 0 Å². The largest absolute Gasteiger partial charge is 0.310 e. The van der Waals surface area contributed by atoms with Crippen molar-refractivity contribution in [2.75, 3.05) is 6.54 Å². The summed E-state index contributed by atoms with van der Waals surface area (Å²) >= 11 is 6.05. The standard InChI is InChI=1S/C12H14ClN3/c13-12-9-5-3-4-8(11(9)15-16-12)10-6-1-2-7-14-10/h3-5,10,14H,1-2,6-7H2,(H,15,16). The first-order chi connectivity index (χ1) is 7.86. The van der Waals surface area contributed by atoms with Crippen molar-refractivity contribution in [2.45, 2.75) is 25.3 Å². The van der Waals surface area contributed by atoms with Crippen LogP contribution in [0.1, 0.15) is 30.9 Å². The number of hydrogen-bond acceptors (Lipinski definition) is 2. The number of benzene rings is 1. The number of para-hydroxylation sites is 1. The molecule has 2 aromatic rings. The highest BCUT2D eigenvalue weighted by Gasteiger charge is 2.18. The van der Waals surface area contributed by atoms with Crippen LogP contribution in [0.4, 0.5) is 0 Å². The Hall–Kier alpha value is -1.06. The molecule has 2 N–H and O–H groups in total. The second-order valence-corrected chi connectivity index (χ2v) is 4.66. The molecule has 1 saturated heterocycles. The van der Waals surface area contributed by atoms with E-state index < -0.39 is 0 Å². The van der Waals surface area contributed by atoms with Gasteiger partial charge in [-0.25, -0.2) is 0 Å². The summed E-state index contributed by atoms with van der Waals surface area (Å²) in [6, 6.07) is 6.63. The van der Waals surface area contributed by atoms with Gasteiger partial charge in [-0.2, -0.15) is 5.10 Å². The van der Waals surface area contributed by atoms with E-state index in [1.54, 1.807) is 0 Å². The van der Waals surface area contributed by atoms with E-state index >= 15 is 0 Å². The number of nitrogens with one attached hydrogen (secondary N) is 2. The van der Waals surface area contributed by atoms with Gasteiger partial charge in [-0.3, -0.25) is 5.10 Å². The molecule has 0 bridgehead atoms. The summed E-state index contributed by atoms with van der Waals surface area (Å²) in [5.74, 6) is 0. The maximum Gasteiger partial charge on any atom is 0.132 e. The minimum atomic E-state index is 0.428. The average molecular weight is 236 g/mol. The maximum atomic E-state index is 6.05. The molecule has 3 rings (SSSR count). The Morgan fingerprint density at radius 1 is 1.31 bits per heavy atom. The first-order valence-electron chi connectivity index (χ1n) is 5.72. The summed E-state index contributed by atoms with van der Waals surface area (Å²) in [5, 5.41) is 12.3. The number of rotatable bonds is 1. The Morgan fingerprint density at radius 2 is 2.25 bits per heavy atom. The molecule has 2 heterocycles. The second-order valence-electron chi connectivity index (χ2n) is 4.28. The maximum absolute atomic E-state index is 6.05. The molecule has 1 aliphatic heterocycles. The molecule has 0 saturated carbocycles. The molecule has 3 nitrogen and oxygen atoms in total. The SMILES string of the molecule is Clc1[nH]nc2c(C3CCCCN3)cccc12. The minimum Gasteiger partial charge on any atom is -0.310 e. The zero-order valence-electron chi connectivity index (χ0n) is 8.96. The minimum absolute atomic E-state index is 0.428. The number of hydrogen-bond donors (Lipinski definition) is 2. The van der Waals surface area contributed by atoms with Gasteiger partial charge in [0.2, 0.25) is 0 Å². The third-order valence-corrected chi connectivity index (χ3v) is 3.54. The molecule has 16 heavy (non-hydrogen) atoms. The smallest absolute Gasteiger partial charge is 0.132 e. The Kier molecular flexibility index (Phi) is 2.58. The van der Waals surface area contributed by atoms with Gasteiger partial charge in [0.05, 0.1) is 5.52 Å². The number of aromatic amines is 1. The summed E-state index contributed by atoms with van der Waals surface area (Å²) in [6.07, 6.45) is 3.74. The molecule has 1 aromatic carbocycles. The number of nitrogens with zero attached hydrogens (tertiary/aromatic N) is 1. The van der Waals surface area contributed by atoms with Crippen molar-refractivity contribution in [2.24, 2.45) is 0 Å². The molecule has 1 aromatic heterocycles. The third-order valence-electron chi connectivity index (χ3n) is 3.26. The molecule has 1 fully saturated rings. The molecule has 0 amide bonds. The van der Waals surface area contributed by atoms with E-state index in [-0.39, 0.29) is 0 Å². The van der Waals surface area contributed by atoms with Crippen molar-refractivity contribution in [3.63, 3.8) is 0 Å². The summed E-state index contributed by atoms with van der Waals surface area (Å²) in [4.78, 5) is 0. The van der Waals surface area contributed by atoms with Gasteiger partial charge in [-0.1, -0.05) is 30.2 Å². The van der Waals surface area contributed by atoms with E-state index in [9.17, 15) is 0 Å². The normalized spacial score (nSPS) is 21.4. The lowest BCUT2D eigenvalue weighted by molar-refractivity contribution is 0.414. The molecule has 1 atom stereocenters. The Bertz CT molecular complexity index is 500. The summed E-state index contributed by atoms with van der Waals surface area (Å²) in [5.41, 5.74) is 2.27. The molecule has 1 unspecified atom stereocenters. The van der Waals surface area contributed by atoms with Crippen molar-refractivity contribution in [1.29, 1.82) is 0 Å². The van der Waals surface area contributed by atoms with E-state index in [0.717, 1.165) is 17.4 Å². The molecule has 1 aliphatic rings. The lowest BCUT2D eigenvalue weighted by atomic mass is 9.96. The van der Waals surface area contributed by atoms with Gasteiger partial charge in [0.15, 0.2) is 0 Å². The van der Waals surface area contributed by atoms with Crippen molar-refractivity contribution < 1.29 is 0 Å². The van der Waals surface area contributed by atoms with Crippen LogP contribution in [0.2, 0.25) is 5.15 Å². The molecular formula is C12H14ClN3. The Labute approximate surface area is 99.2 Å². The van der Waals surface area contributed by atoms with Gasteiger partial charge < -0.3 is 5.32 Å². The van der Waals surface area contributed by atoms with Crippen molar-refractivity contribution >= 4 is 22.5 Å². The first-order valence-corrected chi connectivity index (χ1v) is 6.10. The predicted molar refractivity (Wildman–Crippen MR) is 65.7 cm³/mol. The van der Waals surface area contributed by atoms with Crippen molar-refractivity contribution in [3.05, 3.63) is 28.9 Å². The van der Waals surface area contributed by atoms with Crippen LogP contribution < -0.4 is 5.32 Å². The summed E-state index contributed by atoms with van der Waals surface area (Å²) in [6.45, 7) is 1.10. The quantitative estimate of drug-likeness (QED) is 0.798. The van der Waals surface area contributed by atoms with Gasteiger partial charge >= 0.3 is 0 Å². The van der Waals surface area contributed by atoms with Crippen LogP contribution in [0.3, 0.4) is 0 Å².